The van der Waals surface area contributed by atoms with Gasteiger partial charge >= 0.3 is 5.97 Å². The van der Waals surface area contributed by atoms with E-state index in [-0.39, 0.29) is 16.0 Å². The third-order valence-electron chi connectivity index (χ3n) is 3.51. The van der Waals surface area contributed by atoms with E-state index in [1.165, 1.54) is 43.3 Å². The Morgan fingerprint density at radius 2 is 1.81 bits per heavy atom. The quantitative estimate of drug-likeness (QED) is 0.570. The lowest BCUT2D eigenvalue weighted by molar-refractivity contribution is -0.144. The summed E-state index contributed by atoms with van der Waals surface area (Å²) in [6, 6.07) is 12.0. The van der Waals surface area contributed by atoms with Gasteiger partial charge in [0, 0.05) is 5.56 Å². The van der Waals surface area contributed by atoms with Gasteiger partial charge < -0.3 is 4.74 Å². The number of halogens is 1. The molecule has 140 valence electrons. The smallest absolute Gasteiger partial charge is 0.321 e. The Balaban J connectivity index is 1.98. The number of esters is 1. The fourth-order valence-corrected chi connectivity index (χ4v) is 3.29. The van der Waals surface area contributed by atoms with Gasteiger partial charge in [0.1, 0.15) is 18.4 Å². The largest absolute Gasteiger partial charge is 0.453 e. The molecule has 27 heavy (non-hydrogen) atoms. The summed E-state index contributed by atoms with van der Waals surface area (Å²) in [7, 11) is -4.11. The number of nitrogens with zero attached hydrogens (tertiary/aromatic N) is 1. The fraction of sp³-hybridized carbons (Fsp3) is 0.167. The number of carbonyl (C=O) groups is 2. The van der Waals surface area contributed by atoms with Crippen molar-refractivity contribution in [3.8, 4) is 6.07 Å². The predicted octanol–water partition coefficient (Wildman–Crippen LogP) is 1.79. The Morgan fingerprint density at radius 1 is 1.19 bits per heavy atom. The zero-order valence-electron chi connectivity index (χ0n) is 14.2. The second-order valence-electron chi connectivity index (χ2n) is 5.44. The fourth-order valence-electron chi connectivity index (χ4n) is 2.17. The first kappa shape index (κ1) is 20.2. The van der Waals surface area contributed by atoms with Gasteiger partial charge in [0.25, 0.3) is 0 Å². The van der Waals surface area contributed by atoms with E-state index in [4.69, 9.17) is 10.00 Å². The molecule has 1 atom stereocenters. The lowest BCUT2D eigenvalue weighted by Crippen LogP contribution is -2.34. The number of nitriles is 1. The Hall–Kier alpha value is -3.09. The molecule has 2 rings (SSSR count). The topological polar surface area (TPSA) is 113 Å². The van der Waals surface area contributed by atoms with Gasteiger partial charge in [0.15, 0.2) is 6.10 Å². The van der Waals surface area contributed by atoms with Crippen LogP contribution in [0.2, 0.25) is 0 Å². The van der Waals surface area contributed by atoms with Crippen molar-refractivity contribution in [1.82, 2.24) is 4.72 Å². The van der Waals surface area contributed by atoms with Crippen LogP contribution in [0.3, 0.4) is 0 Å². The Kier molecular flexibility index (Phi) is 6.39. The highest BCUT2D eigenvalue weighted by molar-refractivity contribution is 7.89. The van der Waals surface area contributed by atoms with Gasteiger partial charge in [-0.1, -0.05) is 12.1 Å². The summed E-state index contributed by atoms with van der Waals surface area (Å²) in [4.78, 5) is 23.7. The summed E-state index contributed by atoms with van der Waals surface area (Å²) < 4.78 is 44.3. The van der Waals surface area contributed by atoms with E-state index in [0.29, 0.717) is 0 Å². The maximum absolute atomic E-state index is 12.9. The van der Waals surface area contributed by atoms with Gasteiger partial charge in [-0.3, -0.25) is 9.59 Å². The molecular formula is C18H15FN2O5S. The zero-order valence-corrected chi connectivity index (χ0v) is 15.0. The van der Waals surface area contributed by atoms with Crippen LogP contribution in [-0.4, -0.2) is 32.8 Å². The van der Waals surface area contributed by atoms with Crippen LogP contribution in [0.25, 0.3) is 0 Å². The first-order valence-electron chi connectivity index (χ1n) is 7.72. The first-order valence-corrected chi connectivity index (χ1v) is 9.21. The molecular weight excluding hydrogens is 375 g/mol. The molecule has 2 aromatic carbocycles. The van der Waals surface area contributed by atoms with E-state index in [1.54, 1.807) is 6.07 Å². The molecule has 7 nitrogen and oxygen atoms in total. The van der Waals surface area contributed by atoms with E-state index < -0.39 is 40.2 Å². The summed E-state index contributed by atoms with van der Waals surface area (Å²) in [5.74, 6) is -2.04. The van der Waals surface area contributed by atoms with Crippen molar-refractivity contribution in [2.45, 2.75) is 17.9 Å². The molecule has 0 aliphatic carbocycles. The van der Waals surface area contributed by atoms with Crippen molar-refractivity contribution in [3.05, 3.63) is 65.5 Å². The minimum absolute atomic E-state index is 0.0711. The Bertz CT molecular complexity index is 997. The summed E-state index contributed by atoms with van der Waals surface area (Å²) in [5, 5.41) is 8.97. The van der Waals surface area contributed by atoms with Crippen LogP contribution < -0.4 is 4.72 Å². The molecule has 0 fully saturated rings. The Labute approximate surface area is 155 Å². The van der Waals surface area contributed by atoms with Crippen molar-refractivity contribution in [2.75, 3.05) is 6.54 Å². The average Bonchev–Trinajstić information content (AvgIpc) is 2.66. The molecule has 0 bridgehead atoms. The van der Waals surface area contributed by atoms with E-state index in [0.717, 1.165) is 12.1 Å². The highest BCUT2D eigenvalue weighted by atomic mass is 32.2. The highest BCUT2D eigenvalue weighted by Crippen LogP contribution is 2.14. The van der Waals surface area contributed by atoms with Gasteiger partial charge in [-0.25, -0.2) is 12.8 Å². The standard InChI is InChI=1S/C18H15FN2O5S/c1-12(18(23)13-6-8-15(19)9-7-13)26-17(22)11-21-27(24,25)16-5-3-2-4-14(16)10-20/h2-9,12,21H,11H2,1H3/t12-/m0/s1. The van der Waals surface area contributed by atoms with Crippen molar-refractivity contribution >= 4 is 21.8 Å². The molecule has 0 spiro atoms. The molecule has 0 amide bonds. The normalized spacial score (nSPS) is 12.0. The number of nitrogens with one attached hydrogen (secondary N) is 1. The number of hydrogen-bond acceptors (Lipinski definition) is 6. The number of carbonyl (C=O) groups excluding carboxylic acids is 2. The van der Waals surface area contributed by atoms with Gasteiger partial charge in [-0.05, 0) is 43.3 Å². The number of sulfonamides is 1. The monoisotopic (exact) mass is 390 g/mol. The molecule has 1 N–H and O–H groups in total. The molecule has 9 heteroatoms. The van der Waals surface area contributed by atoms with Crippen LogP contribution in [0.4, 0.5) is 4.39 Å². The highest BCUT2D eigenvalue weighted by Gasteiger charge is 2.23. The number of Topliss-reactive ketones (excluding diaryl/α,β-unsaturated/α-hetero) is 1. The molecule has 0 aliphatic rings. The molecule has 2 aromatic rings. The molecule has 0 aliphatic heterocycles. The number of benzene rings is 2. The summed E-state index contributed by atoms with van der Waals surface area (Å²) >= 11 is 0. The number of hydrogen-bond donors (Lipinski definition) is 1. The van der Waals surface area contributed by atoms with Crippen LogP contribution in [0.5, 0.6) is 0 Å². The van der Waals surface area contributed by atoms with E-state index in [9.17, 15) is 22.4 Å². The van der Waals surface area contributed by atoms with Crippen molar-refractivity contribution in [3.63, 3.8) is 0 Å². The van der Waals surface area contributed by atoms with Crippen molar-refractivity contribution in [2.24, 2.45) is 0 Å². The minimum atomic E-state index is -4.11. The number of ketones is 1. The van der Waals surface area contributed by atoms with Crippen LogP contribution in [0.1, 0.15) is 22.8 Å². The van der Waals surface area contributed by atoms with Crippen LogP contribution in [-0.2, 0) is 19.6 Å². The minimum Gasteiger partial charge on any atom is -0.453 e. The molecule has 0 saturated carbocycles. The molecule has 0 unspecified atom stereocenters. The van der Waals surface area contributed by atoms with Gasteiger partial charge in [-0.15, -0.1) is 0 Å². The molecule has 0 heterocycles. The zero-order chi connectivity index (χ0) is 20.0. The maximum atomic E-state index is 12.9. The summed E-state index contributed by atoms with van der Waals surface area (Å²) in [6.45, 7) is 0.603. The first-order chi connectivity index (χ1) is 12.7. The van der Waals surface area contributed by atoms with Gasteiger partial charge in [0.05, 0.1) is 10.5 Å². The summed E-state index contributed by atoms with van der Waals surface area (Å²) in [5.41, 5.74) is 0.0819. The average molecular weight is 390 g/mol. The van der Waals surface area contributed by atoms with Crippen LogP contribution in [0.15, 0.2) is 53.4 Å². The second-order valence-corrected chi connectivity index (χ2v) is 7.17. The second kappa shape index (κ2) is 8.53. The number of ether oxygens (including phenoxy) is 1. The summed E-state index contributed by atoms with van der Waals surface area (Å²) in [6.07, 6.45) is -1.18. The third kappa shape index (κ3) is 5.20. The van der Waals surface area contributed by atoms with E-state index >= 15 is 0 Å². The maximum Gasteiger partial charge on any atom is 0.321 e. The van der Waals surface area contributed by atoms with Gasteiger partial charge in [0.2, 0.25) is 15.8 Å². The van der Waals surface area contributed by atoms with Crippen LogP contribution >= 0.6 is 0 Å². The molecule has 0 saturated heterocycles. The lowest BCUT2D eigenvalue weighted by atomic mass is 10.1. The third-order valence-corrected chi connectivity index (χ3v) is 4.97. The van der Waals surface area contributed by atoms with E-state index in [2.05, 4.69) is 0 Å². The SMILES string of the molecule is C[C@H](OC(=O)CNS(=O)(=O)c1ccccc1C#N)C(=O)c1ccc(F)cc1. The predicted molar refractivity (Wildman–Crippen MR) is 92.6 cm³/mol. The van der Waals surface area contributed by atoms with Crippen LogP contribution in [0, 0.1) is 17.1 Å². The Morgan fingerprint density at radius 3 is 2.44 bits per heavy atom. The van der Waals surface area contributed by atoms with E-state index in [1.807, 2.05) is 4.72 Å². The van der Waals surface area contributed by atoms with Gasteiger partial charge in [-0.2, -0.15) is 9.98 Å². The number of rotatable bonds is 7. The molecule has 0 aromatic heterocycles. The van der Waals surface area contributed by atoms with Crippen molar-refractivity contribution < 1.29 is 27.1 Å². The molecule has 0 radical (unpaired) electrons. The lowest BCUT2D eigenvalue weighted by Gasteiger charge is -2.13. The van der Waals surface area contributed by atoms with Crippen molar-refractivity contribution in [1.29, 1.82) is 5.26 Å².